The van der Waals surface area contributed by atoms with Gasteiger partial charge in [0, 0.05) is 6.61 Å². The highest BCUT2D eigenvalue weighted by Gasteiger charge is 2.40. The summed E-state index contributed by atoms with van der Waals surface area (Å²) in [6.45, 7) is 9.77. The van der Waals surface area contributed by atoms with Crippen molar-refractivity contribution in [1.82, 2.24) is 0 Å². The van der Waals surface area contributed by atoms with Gasteiger partial charge in [0.15, 0.2) is 0 Å². The lowest BCUT2D eigenvalue weighted by atomic mass is 10.0. The molecule has 0 aromatic carbocycles. The lowest BCUT2D eigenvalue weighted by Crippen LogP contribution is -2.24. The van der Waals surface area contributed by atoms with Crippen LogP contribution in [0.3, 0.4) is 0 Å². The standard InChI is InChI=1S/C24H48OS/c1-7-8-11-20-13-15-22(18-20)26(5,6)23-16-14-21(19-23)12-9-10-17-25-24(2,3)4/h20-23H,7-19H2,1-6H3. The summed E-state index contributed by atoms with van der Waals surface area (Å²) in [5.74, 6) is 2.07. The molecule has 2 aliphatic carbocycles. The Morgan fingerprint density at radius 1 is 0.808 bits per heavy atom. The maximum atomic E-state index is 5.88. The quantitative estimate of drug-likeness (QED) is 0.353. The minimum Gasteiger partial charge on any atom is -0.376 e. The molecule has 0 spiro atoms. The predicted octanol–water partition coefficient (Wildman–Crippen LogP) is 7.56. The van der Waals surface area contributed by atoms with Gasteiger partial charge in [-0.25, -0.2) is 10.0 Å². The van der Waals surface area contributed by atoms with Crippen LogP contribution < -0.4 is 0 Å². The molecule has 1 nitrogen and oxygen atoms in total. The molecule has 0 radical (unpaired) electrons. The van der Waals surface area contributed by atoms with E-state index in [1.807, 2.05) is 0 Å². The van der Waals surface area contributed by atoms with Gasteiger partial charge in [0.05, 0.1) is 5.60 Å². The monoisotopic (exact) mass is 384 g/mol. The van der Waals surface area contributed by atoms with Crippen molar-refractivity contribution < 1.29 is 4.74 Å². The third-order valence-corrected chi connectivity index (χ3v) is 11.5. The number of hydrogen-bond donors (Lipinski definition) is 0. The van der Waals surface area contributed by atoms with Crippen LogP contribution in [0, 0.1) is 11.8 Å². The second kappa shape index (κ2) is 10.2. The highest BCUT2D eigenvalue weighted by Crippen LogP contribution is 2.61. The summed E-state index contributed by atoms with van der Waals surface area (Å²) >= 11 is 0. The van der Waals surface area contributed by atoms with Crippen molar-refractivity contribution in [2.75, 3.05) is 19.1 Å². The molecule has 0 aromatic rings. The van der Waals surface area contributed by atoms with E-state index in [1.165, 1.54) is 57.8 Å². The first kappa shape index (κ1) is 22.6. The van der Waals surface area contributed by atoms with Crippen molar-refractivity contribution >= 4 is 10.0 Å². The van der Waals surface area contributed by atoms with E-state index in [4.69, 9.17) is 4.74 Å². The molecular weight excluding hydrogens is 336 g/mol. The molecule has 0 heterocycles. The zero-order chi connectivity index (χ0) is 19.2. The molecule has 0 aliphatic heterocycles. The number of ether oxygens (including phenoxy) is 1. The van der Waals surface area contributed by atoms with Crippen LogP contribution in [0.25, 0.3) is 0 Å². The summed E-state index contributed by atoms with van der Waals surface area (Å²) < 4.78 is 5.88. The number of unbranched alkanes of at least 4 members (excludes halogenated alkanes) is 2. The van der Waals surface area contributed by atoms with Gasteiger partial charge < -0.3 is 4.74 Å². The van der Waals surface area contributed by atoms with Gasteiger partial charge in [-0.2, -0.15) is 0 Å². The van der Waals surface area contributed by atoms with Gasteiger partial charge in [0.2, 0.25) is 0 Å². The van der Waals surface area contributed by atoms with Gasteiger partial charge in [0.1, 0.15) is 0 Å². The van der Waals surface area contributed by atoms with Crippen molar-refractivity contribution in [2.24, 2.45) is 11.8 Å². The Morgan fingerprint density at radius 2 is 1.35 bits per heavy atom. The average molecular weight is 385 g/mol. The van der Waals surface area contributed by atoms with Crippen LogP contribution in [0.4, 0.5) is 0 Å². The number of rotatable bonds is 10. The molecule has 2 aliphatic rings. The zero-order valence-electron chi connectivity index (χ0n) is 18.8. The fraction of sp³-hybridized carbons (Fsp3) is 1.00. The minimum absolute atomic E-state index is 0.0299. The first-order valence-electron chi connectivity index (χ1n) is 11.6. The van der Waals surface area contributed by atoms with Crippen molar-refractivity contribution in [3.05, 3.63) is 0 Å². The average Bonchev–Trinajstić information content (AvgIpc) is 3.21. The molecule has 4 atom stereocenters. The molecule has 156 valence electrons. The van der Waals surface area contributed by atoms with Crippen LogP contribution in [-0.4, -0.2) is 35.2 Å². The molecule has 2 rings (SSSR count). The summed E-state index contributed by atoms with van der Waals surface area (Å²) in [7, 11) is -0.409. The number of hydrogen-bond acceptors (Lipinski definition) is 1. The third kappa shape index (κ3) is 7.04. The van der Waals surface area contributed by atoms with E-state index >= 15 is 0 Å². The zero-order valence-corrected chi connectivity index (χ0v) is 19.6. The van der Waals surface area contributed by atoms with Crippen LogP contribution >= 0.6 is 10.0 Å². The second-order valence-corrected chi connectivity index (χ2v) is 15.0. The van der Waals surface area contributed by atoms with Crippen molar-refractivity contribution in [2.45, 2.75) is 121 Å². The molecule has 0 N–H and O–H groups in total. The fourth-order valence-electron chi connectivity index (χ4n) is 5.36. The SMILES string of the molecule is CCCCC1CCC(S(C)(C)C2CCC(CCCCOC(C)(C)C)C2)C1. The summed E-state index contributed by atoms with van der Waals surface area (Å²) in [5.41, 5.74) is 0.0299. The molecular formula is C24H48OS. The lowest BCUT2D eigenvalue weighted by molar-refractivity contribution is -0.00500. The van der Waals surface area contributed by atoms with Crippen molar-refractivity contribution in [3.8, 4) is 0 Å². The molecule has 2 heteroatoms. The van der Waals surface area contributed by atoms with Crippen molar-refractivity contribution in [1.29, 1.82) is 0 Å². The first-order valence-corrected chi connectivity index (χ1v) is 14.1. The predicted molar refractivity (Wildman–Crippen MR) is 121 cm³/mol. The fourth-order valence-corrected chi connectivity index (χ4v) is 8.93. The third-order valence-electron chi connectivity index (χ3n) is 7.21. The molecule has 4 unspecified atom stereocenters. The van der Waals surface area contributed by atoms with Crippen LogP contribution in [0.5, 0.6) is 0 Å². The van der Waals surface area contributed by atoms with Gasteiger partial charge in [-0.05, 0) is 101 Å². The molecule has 0 amide bonds. The van der Waals surface area contributed by atoms with Crippen LogP contribution in [0.1, 0.15) is 105 Å². The minimum atomic E-state index is -0.409. The van der Waals surface area contributed by atoms with E-state index in [1.54, 1.807) is 19.3 Å². The Balaban J connectivity index is 1.68. The van der Waals surface area contributed by atoms with Crippen LogP contribution in [0.15, 0.2) is 0 Å². The maximum absolute atomic E-state index is 5.88. The van der Waals surface area contributed by atoms with E-state index in [9.17, 15) is 0 Å². The Labute approximate surface area is 166 Å². The Kier molecular flexibility index (Phi) is 8.86. The molecule has 0 bridgehead atoms. The maximum Gasteiger partial charge on any atom is 0.0598 e. The van der Waals surface area contributed by atoms with Gasteiger partial charge in [-0.3, -0.25) is 0 Å². The van der Waals surface area contributed by atoms with E-state index in [-0.39, 0.29) is 5.60 Å². The topological polar surface area (TPSA) is 9.23 Å². The molecule has 0 saturated heterocycles. The van der Waals surface area contributed by atoms with Gasteiger partial charge >= 0.3 is 0 Å². The normalized spacial score (nSPS) is 30.8. The van der Waals surface area contributed by atoms with Crippen molar-refractivity contribution in [3.63, 3.8) is 0 Å². The van der Waals surface area contributed by atoms with Gasteiger partial charge in [0.25, 0.3) is 0 Å². The van der Waals surface area contributed by atoms with Crippen LogP contribution in [-0.2, 0) is 4.74 Å². The molecule has 2 saturated carbocycles. The summed E-state index contributed by atoms with van der Waals surface area (Å²) in [4.78, 5) is 0. The second-order valence-electron chi connectivity index (χ2n) is 10.7. The highest BCUT2D eigenvalue weighted by molar-refractivity contribution is 8.33. The Morgan fingerprint density at radius 3 is 1.85 bits per heavy atom. The van der Waals surface area contributed by atoms with E-state index < -0.39 is 10.0 Å². The smallest absolute Gasteiger partial charge is 0.0598 e. The van der Waals surface area contributed by atoms with E-state index in [2.05, 4.69) is 40.2 Å². The summed E-state index contributed by atoms with van der Waals surface area (Å²) in [6, 6.07) is 0. The Bertz CT molecular complexity index is 398. The highest BCUT2D eigenvalue weighted by atomic mass is 32.3. The summed E-state index contributed by atoms with van der Waals surface area (Å²) in [6.07, 6.45) is 23.0. The lowest BCUT2D eigenvalue weighted by Gasteiger charge is -2.44. The largest absolute Gasteiger partial charge is 0.376 e. The summed E-state index contributed by atoms with van der Waals surface area (Å²) in [5, 5.41) is 2.14. The van der Waals surface area contributed by atoms with Crippen LogP contribution in [0.2, 0.25) is 0 Å². The van der Waals surface area contributed by atoms with E-state index in [0.29, 0.717) is 0 Å². The Hall–Kier alpha value is 0.310. The van der Waals surface area contributed by atoms with E-state index in [0.717, 1.165) is 28.9 Å². The van der Waals surface area contributed by atoms with Gasteiger partial charge in [-0.15, -0.1) is 0 Å². The molecule has 0 aromatic heterocycles. The first-order chi connectivity index (χ1) is 12.2. The molecule has 2 fully saturated rings. The molecule has 26 heavy (non-hydrogen) atoms. The van der Waals surface area contributed by atoms with Gasteiger partial charge in [-0.1, -0.05) is 39.0 Å².